The van der Waals surface area contributed by atoms with Crippen molar-refractivity contribution in [3.63, 3.8) is 0 Å². The molecule has 0 bridgehead atoms. The topological polar surface area (TPSA) is 64.7 Å². The van der Waals surface area contributed by atoms with E-state index in [9.17, 15) is 9.59 Å². The molecule has 2 heterocycles. The van der Waals surface area contributed by atoms with Crippen LogP contribution in [0.3, 0.4) is 0 Å². The number of anilines is 2. The molecule has 0 aromatic heterocycles. The lowest BCUT2D eigenvalue weighted by atomic mass is 9.77. The van der Waals surface area contributed by atoms with E-state index in [2.05, 4.69) is 45.9 Å². The number of carbonyl (C=O) groups is 2. The van der Waals surface area contributed by atoms with E-state index in [1.807, 2.05) is 12.1 Å². The summed E-state index contributed by atoms with van der Waals surface area (Å²) in [4.78, 5) is 32.1. The van der Waals surface area contributed by atoms with Crippen LogP contribution in [0.5, 0.6) is 0 Å². The quantitative estimate of drug-likeness (QED) is 0.395. The van der Waals surface area contributed by atoms with Crippen molar-refractivity contribution < 1.29 is 14.0 Å². The third kappa shape index (κ3) is 6.11. The van der Waals surface area contributed by atoms with Crippen molar-refractivity contribution in [2.45, 2.75) is 76.8 Å². The first-order valence-corrected chi connectivity index (χ1v) is 15.8. The van der Waals surface area contributed by atoms with Gasteiger partial charge in [-0.3, -0.25) is 9.59 Å². The van der Waals surface area contributed by atoms with Crippen LogP contribution in [0, 0.1) is 24.6 Å². The summed E-state index contributed by atoms with van der Waals surface area (Å²) in [5.74, 6) is -1.35. The molecule has 2 aliphatic carbocycles. The van der Waals surface area contributed by atoms with Gasteiger partial charge in [-0.25, -0.2) is 4.39 Å². The molecule has 3 fully saturated rings. The van der Waals surface area contributed by atoms with Gasteiger partial charge >= 0.3 is 0 Å². The molecule has 6 nitrogen and oxygen atoms in total. The summed E-state index contributed by atoms with van der Waals surface area (Å²) in [5, 5.41) is 6.87. The number of rotatable bonds is 7. The van der Waals surface area contributed by atoms with Gasteiger partial charge in [-0.15, -0.1) is 0 Å². The van der Waals surface area contributed by atoms with E-state index < -0.39 is 11.7 Å². The van der Waals surface area contributed by atoms with Crippen molar-refractivity contribution in [1.82, 2.24) is 10.2 Å². The number of benzene rings is 2. The maximum absolute atomic E-state index is 15.0. The first kappa shape index (κ1) is 28.5. The molecule has 2 aliphatic heterocycles. The number of likely N-dealkylation sites (tertiary alicyclic amines) is 1. The Morgan fingerprint density at radius 2 is 1.71 bits per heavy atom. The average molecular weight is 571 g/mol. The fourth-order valence-electron chi connectivity index (χ4n) is 7.41. The highest BCUT2D eigenvalue weighted by molar-refractivity contribution is 5.98. The second kappa shape index (κ2) is 12.7. The van der Waals surface area contributed by atoms with Crippen LogP contribution in [0.15, 0.2) is 66.4 Å². The Kier molecular flexibility index (Phi) is 8.63. The van der Waals surface area contributed by atoms with Crippen LogP contribution in [0.1, 0.15) is 73.7 Å². The van der Waals surface area contributed by atoms with Crippen molar-refractivity contribution >= 4 is 23.2 Å². The molecule has 7 heteroatoms. The molecular formula is C35H43FN4O2. The van der Waals surface area contributed by atoms with Crippen molar-refractivity contribution in [2.75, 3.05) is 29.9 Å². The second-order valence-electron chi connectivity index (χ2n) is 12.4. The molecule has 2 N–H and O–H groups in total. The molecule has 42 heavy (non-hydrogen) atoms. The van der Waals surface area contributed by atoms with Gasteiger partial charge in [-0.2, -0.15) is 0 Å². The predicted molar refractivity (Wildman–Crippen MR) is 166 cm³/mol. The van der Waals surface area contributed by atoms with Crippen LogP contribution in [0.4, 0.5) is 15.8 Å². The van der Waals surface area contributed by atoms with Crippen LogP contribution in [-0.4, -0.2) is 48.4 Å². The lowest BCUT2D eigenvalue weighted by molar-refractivity contribution is -0.123. The number of hydrogen-bond donors (Lipinski definition) is 2. The smallest absolute Gasteiger partial charge is 0.257 e. The fraction of sp³-hybridized carbons (Fsp3) is 0.486. The monoisotopic (exact) mass is 570 g/mol. The maximum atomic E-state index is 15.0. The largest absolute Gasteiger partial charge is 0.383 e. The minimum Gasteiger partial charge on any atom is -0.383 e. The highest BCUT2D eigenvalue weighted by Gasteiger charge is 2.43. The molecule has 222 valence electrons. The number of carbonyl (C=O) groups excluding carboxylic acids is 2. The third-order valence-corrected chi connectivity index (χ3v) is 9.60. The van der Waals surface area contributed by atoms with Gasteiger partial charge in [-0.05, 0) is 87.8 Å². The summed E-state index contributed by atoms with van der Waals surface area (Å²) >= 11 is 0. The minimum absolute atomic E-state index is 0.0397. The van der Waals surface area contributed by atoms with Crippen molar-refractivity contribution in [3.8, 4) is 0 Å². The van der Waals surface area contributed by atoms with Gasteiger partial charge in [0.2, 0.25) is 5.91 Å². The van der Waals surface area contributed by atoms with E-state index in [4.69, 9.17) is 0 Å². The van der Waals surface area contributed by atoms with Gasteiger partial charge in [-0.1, -0.05) is 43.2 Å². The van der Waals surface area contributed by atoms with E-state index in [0.29, 0.717) is 31.0 Å². The zero-order valence-electron chi connectivity index (χ0n) is 24.7. The first-order valence-electron chi connectivity index (χ1n) is 15.8. The van der Waals surface area contributed by atoms with Crippen LogP contribution in [0.2, 0.25) is 0 Å². The first-order chi connectivity index (χ1) is 20.5. The summed E-state index contributed by atoms with van der Waals surface area (Å²) < 4.78 is 15.0. The normalized spacial score (nSPS) is 24.5. The number of nitrogens with one attached hydrogen (secondary N) is 2. The lowest BCUT2D eigenvalue weighted by Gasteiger charge is -2.44. The zero-order chi connectivity index (χ0) is 29.1. The predicted octanol–water partition coefficient (Wildman–Crippen LogP) is 6.59. The standard InChI is InChI=1S/C35H43FN4O2/c1-24-9-6-15-31(36)32(24)35(42)40-22-8-14-30(33(40)25-16-18-27(19-17-25)37-26-10-2-3-11-26)34(41)38-28-12-7-13-29(23-28)39-20-4-5-21-39/h6-7,9,12-13,15-16,18-19,23,25-26,30,33,37H,2-5,8,10-11,14,17,20-22H2,1H3,(H,38,41)/t25-,30?,33?/m1/s1. The van der Waals surface area contributed by atoms with E-state index in [0.717, 1.165) is 36.6 Å². The van der Waals surface area contributed by atoms with E-state index in [1.54, 1.807) is 24.0 Å². The number of nitrogens with zero attached hydrogens (tertiary/aromatic N) is 2. The number of halogens is 1. The van der Waals surface area contributed by atoms with Crippen molar-refractivity contribution in [3.05, 3.63) is 83.3 Å². The Morgan fingerprint density at radius 1 is 0.929 bits per heavy atom. The molecular weight excluding hydrogens is 527 g/mol. The van der Waals surface area contributed by atoms with Gasteiger partial charge in [0, 0.05) is 48.7 Å². The second-order valence-corrected chi connectivity index (χ2v) is 12.4. The molecule has 2 saturated heterocycles. The molecule has 2 aromatic carbocycles. The third-order valence-electron chi connectivity index (χ3n) is 9.60. The van der Waals surface area contributed by atoms with Crippen LogP contribution in [-0.2, 0) is 4.79 Å². The van der Waals surface area contributed by atoms with E-state index in [1.165, 1.54) is 44.6 Å². The van der Waals surface area contributed by atoms with Crippen molar-refractivity contribution in [1.29, 1.82) is 0 Å². The lowest BCUT2D eigenvalue weighted by Crippen LogP contribution is -2.55. The van der Waals surface area contributed by atoms with Crippen LogP contribution in [0.25, 0.3) is 0 Å². The van der Waals surface area contributed by atoms with E-state index >= 15 is 4.39 Å². The molecule has 4 aliphatic rings. The highest BCUT2D eigenvalue weighted by Crippen LogP contribution is 2.36. The van der Waals surface area contributed by atoms with Gasteiger partial charge in [0.15, 0.2) is 0 Å². The number of allylic oxidation sites excluding steroid dienone is 2. The summed E-state index contributed by atoms with van der Waals surface area (Å²) in [7, 11) is 0. The Labute approximate surface area is 249 Å². The molecule has 1 saturated carbocycles. The highest BCUT2D eigenvalue weighted by atomic mass is 19.1. The molecule has 3 atom stereocenters. The van der Waals surface area contributed by atoms with Gasteiger partial charge in [0.05, 0.1) is 17.5 Å². The molecule has 2 unspecified atom stereocenters. The van der Waals surface area contributed by atoms with Crippen LogP contribution < -0.4 is 15.5 Å². The Hall–Kier alpha value is -3.61. The maximum Gasteiger partial charge on any atom is 0.257 e. The average Bonchev–Trinajstić information content (AvgIpc) is 3.72. The molecule has 6 rings (SSSR count). The van der Waals surface area contributed by atoms with Gasteiger partial charge in [0.25, 0.3) is 5.91 Å². The fourth-order valence-corrected chi connectivity index (χ4v) is 7.41. The summed E-state index contributed by atoms with van der Waals surface area (Å²) in [5.41, 5.74) is 3.75. The molecule has 0 spiro atoms. The number of aryl methyl sites for hydroxylation is 1. The summed E-state index contributed by atoms with van der Waals surface area (Å²) in [6.45, 7) is 4.35. The molecule has 0 radical (unpaired) electrons. The SMILES string of the molecule is Cc1cccc(F)c1C(=O)N1CCCC(C(=O)Nc2cccc(N3CCCC3)c2)C1[C@@H]1C=CC(NC2CCCC2)=CC1. The zero-order valence-corrected chi connectivity index (χ0v) is 24.7. The molecule has 2 amide bonds. The Bertz CT molecular complexity index is 1340. The van der Waals surface area contributed by atoms with Gasteiger partial charge in [0.1, 0.15) is 5.82 Å². The number of piperidine rings is 1. The van der Waals surface area contributed by atoms with Crippen LogP contribution >= 0.6 is 0 Å². The van der Waals surface area contributed by atoms with E-state index in [-0.39, 0.29) is 29.3 Å². The Morgan fingerprint density at radius 3 is 2.45 bits per heavy atom. The number of hydrogen-bond acceptors (Lipinski definition) is 4. The number of amides is 2. The van der Waals surface area contributed by atoms with Crippen molar-refractivity contribution in [2.24, 2.45) is 11.8 Å². The van der Waals surface area contributed by atoms with Gasteiger partial charge < -0.3 is 20.4 Å². The molecule has 2 aromatic rings. The summed E-state index contributed by atoms with van der Waals surface area (Å²) in [6.07, 6.45) is 15.9. The summed E-state index contributed by atoms with van der Waals surface area (Å²) in [6, 6.07) is 13.0. The minimum atomic E-state index is -0.508. The Balaban J connectivity index is 1.26.